The number of anilines is 1. The Bertz CT molecular complexity index is 569. The molecule has 1 aromatic rings. The van der Waals surface area contributed by atoms with Crippen molar-refractivity contribution < 1.29 is 17.9 Å². The van der Waals surface area contributed by atoms with E-state index in [-0.39, 0.29) is 17.9 Å². The second kappa shape index (κ2) is 6.03. The Morgan fingerprint density at radius 3 is 2.63 bits per heavy atom. The SMILES string of the molecule is COC(=O)CCN(C)S(=O)(=O)c1cc(N)ccc1C. The summed E-state index contributed by atoms with van der Waals surface area (Å²) in [6.07, 6.45) is 0.00753. The normalized spacial score (nSPS) is 11.6. The molecule has 1 aromatic carbocycles. The average molecular weight is 286 g/mol. The lowest BCUT2D eigenvalue weighted by Gasteiger charge is -2.18. The predicted octanol–water partition coefficient (Wildman–Crippen LogP) is 0.761. The Morgan fingerprint density at radius 1 is 1.42 bits per heavy atom. The maximum Gasteiger partial charge on any atom is 0.306 e. The van der Waals surface area contributed by atoms with Crippen LogP contribution in [0.5, 0.6) is 0 Å². The molecule has 0 aliphatic heterocycles. The molecule has 2 N–H and O–H groups in total. The number of nitrogen functional groups attached to an aromatic ring is 1. The molecule has 0 unspecified atom stereocenters. The molecule has 0 spiro atoms. The number of nitrogens with two attached hydrogens (primary N) is 1. The highest BCUT2D eigenvalue weighted by Crippen LogP contribution is 2.21. The number of sulfonamides is 1. The molecule has 6 nitrogen and oxygen atoms in total. The molecular formula is C12H18N2O4S. The van der Waals surface area contributed by atoms with Gasteiger partial charge in [0.25, 0.3) is 0 Å². The summed E-state index contributed by atoms with van der Waals surface area (Å²) in [5, 5.41) is 0. The van der Waals surface area contributed by atoms with Crippen LogP contribution in [0.2, 0.25) is 0 Å². The van der Waals surface area contributed by atoms with Gasteiger partial charge in [0.05, 0.1) is 18.4 Å². The molecule has 0 aromatic heterocycles. The van der Waals surface area contributed by atoms with Crippen LogP contribution in [0.15, 0.2) is 23.1 Å². The second-order valence-electron chi connectivity index (χ2n) is 4.18. The van der Waals surface area contributed by atoms with Crippen LogP contribution >= 0.6 is 0 Å². The standard InChI is InChI=1S/C12H18N2O4S/c1-9-4-5-10(13)8-11(9)19(16,17)14(2)7-6-12(15)18-3/h4-5,8H,6-7,13H2,1-3H3. The van der Waals surface area contributed by atoms with Crippen molar-refractivity contribution in [2.24, 2.45) is 0 Å². The molecular weight excluding hydrogens is 268 g/mol. The van der Waals surface area contributed by atoms with Crippen molar-refractivity contribution >= 4 is 21.7 Å². The molecule has 0 saturated carbocycles. The average Bonchev–Trinajstić information content (AvgIpc) is 2.37. The first-order valence-corrected chi connectivity index (χ1v) is 7.12. The quantitative estimate of drug-likeness (QED) is 0.637. The molecule has 1 rings (SSSR count). The zero-order valence-corrected chi connectivity index (χ0v) is 12.0. The largest absolute Gasteiger partial charge is 0.469 e. The molecule has 0 amide bonds. The smallest absolute Gasteiger partial charge is 0.306 e. The van der Waals surface area contributed by atoms with E-state index >= 15 is 0 Å². The number of benzene rings is 1. The lowest BCUT2D eigenvalue weighted by Crippen LogP contribution is -2.30. The summed E-state index contributed by atoms with van der Waals surface area (Å²) in [7, 11) is -0.970. The topological polar surface area (TPSA) is 89.7 Å². The number of hydrogen-bond donors (Lipinski definition) is 1. The van der Waals surface area contributed by atoms with Gasteiger partial charge in [0, 0.05) is 19.3 Å². The van der Waals surface area contributed by atoms with Crippen LogP contribution in [0.1, 0.15) is 12.0 Å². The summed E-state index contributed by atoms with van der Waals surface area (Å²) in [5.41, 5.74) is 6.60. The van der Waals surface area contributed by atoms with Crippen LogP contribution < -0.4 is 5.73 Å². The number of methoxy groups -OCH3 is 1. The molecule has 0 heterocycles. The van der Waals surface area contributed by atoms with Gasteiger partial charge in [-0.25, -0.2) is 12.7 Å². The van der Waals surface area contributed by atoms with Crippen LogP contribution in [-0.2, 0) is 19.6 Å². The molecule has 0 bridgehead atoms. The van der Waals surface area contributed by atoms with Crippen molar-refractivity contribution in [3.63, 3.8) is 0 Å². The van der Waals surface area contributed by atoms with E-state index in [1.54, 1.807) is 19.1 Å². The minimum absolute atomic E-state index is 0.00753. The van der Waals surface area contributed by atoms with Gasteiger partial charge in [0.1, 0.15) is 0 Å². The molecule has 106 valence electrons. The van der Waals surface area contributed by atoms with Gasteiger partial charge in [0.15, 0.2) is 0 Å². The highest BCUT2D eigenvalue weighted by molar-refractivity contribution is 7.89. The van der Waals surface area contributed by atoms with E-state index in [4.69, 9.17) is 5.73 Å². The van der Waals surface area contributed by atoms with E-state index in [9.17, 15) is 13.2 Å². The first-order chi connectivity index (χ1) is 8.78. The highest BCUT2D eigenvalue weighted by Gasteiger charge is 2.23. The lowest BCUT2D eigenvalue weighted by molar-refractivity contribution is -0.140. The molecule has 0 atom stereocenters. The summed E-state index contributed by atoms with van der Waals surface area (Å²) < 4.78 is 30.2. The number of ether oxygens (including phenoxy) is 1. The number of carbonyl (C=O) groups excluding carboxylic acids is 1. The fraction of sp³-hybridized carbons (Fsp3) is 0.417. The molecule has 0 aliphatic rings. The molecule has 19 heavy (non-hydrogen) atoms. The van der Waals surface area contributed by atoms with E-state index < -0.39 is 16.0 Å². The molecule has 0 saturated heterocycles. The zero-order valence-electron chi connectivity index (χ0n) is 11.2. The fourth-order valence-electron chi connectivity index (χ4n) is 1.53. The predicted molar refractivity (Wildman–Crippen MR) is 72.0 cm³/mol. The Balaban J connectivity index is 2.97. The monoisotopic (exact) mass is 286 g/mol. The van der Waals surface area contributed by atoms with Gasteiger partial charge < -0.3 is 10.5 Å². The Morgan fingerprint density at radius 2 is 2.05 bits per heavy atom. The van der Waals surface area contributed by atoms with Gasteiger partial charge in [-0.05, 0) is 24.6 Å². The number of carbonyl (C=O) groups is 1. The fourth-order valence-corrected chi connectivity index (χ4v) is 2.96. The molecule has 0 aliphatic carbocycles. The number of nitrogens with zero attached hydrogens (tertiary/aromatic N) is 1. The van der Waals surface area contributed by atoms with Crippen LogP contribution in [0, 0.1) is 6.92 Å². The van der Waals surface area contributed by atoms with Crippen molar-refractivity contribution in [3.8, 4) is 0 Å². The minimum Gasteiger partial charge on any atom is -0.469 e. The molecule has 0 fully saturated rings. The number of hydrogen-bond acceptors (Lipinski definition) is 5. The van der Waals surface area contributed by atoms with E-state index in [2.05, 4.69) is 4.74 Å². The lowest BCUT2D eigenvalue weighted by atomic mass is 10.2. The Kier molecular flexibility index (Phi) is 4.90. The first kappa shape index (κ1) is 15.5. The Hall–Kier alpha value is -1.60. The van der Waals surface area contributed by atoms with Crippen molar-refractivity contribution in [2.45, 2.75) is 18.2 Å². The number of aryl methyl sites for hydroxylation is 1. The van der Waals surface area contributed by atoms with E-state index in [1.165, 1.54) is 20.2 Å². The Labute approximate surface area is 113 Å². The van der Waals surface area contributed by atoms with Gasteiger partial charge in [0.2, 0.25) is 10.0 Å². The van der Waals surface area contributed by atoms with Crippen molar-refractivity contribution in [3.05, 3.63) is 23.8 Å². The summed E-state index contributed by atoms with van der Waals surface area (Å²) in [6.45, 7) is 1.75. The second-order valence-corrected chi connectivity index (χ2v) is 6.19. The van der Waals surface area contributed by atoms with Gasteiger partial charge in [-0.1, -0.05) is 6.07 Å². The first-order valence-electron chi connectivity index (χ1n) is 5.68. The third kappa shape index (κ3) is 3.68. The summed E-state index contributed by atoms with van der Waals surface area (Å²) in [4.78, 5) is 11.2. The van der Waals surface area contributed by atoms with E-state index in [1.807, 2.05) is 0 Å². The summed E-state index contributed by atoms with van der Waals surface area (Å²) in [5.74, 6) is -0.452. The summed E-state index contributed by atoms with van der Waals surface area (Å²) in [6, 6.07) is 4.71. The number of rotatable bonds is 5. The zero-order chi connectivity index (χ0) is 14.6. The van der Waals surface area contributed by atoms with Crippen LogP contribution in [0.4, 0.5) is 5.69 Å². The van der Waals surface area contributed by atoms with Gasteiger partial charge in [-0.15, -0.1) is 0 Å². The van der Waals surface area contributed by atoms with Gasteiger partial charge >= 0.3 is 5.97 Å². The summed E-state index contributed by atoms with van der Waals surface area (Å²) >= 11 is 0. The van der Waals surface area contributed by atoms with E-state index in [0.29, 0.717) is 11.3 Å². The molecule has 0 radical (unpaired) electrons. The highest BCUT2D eigenvalue weighted by atomic mass is 32.2. The third-order valence-electron chi connectivity index (χ3n) is 2.76. The minimum atomic E-state index is -3.65. The van der Waals surface area contributed by atoms with Crippen molar-refractivity contribution in [1.82, 2.24) is 4.31 Å². The van der Waals surface area contributed by atoms with E-state index in [0.717, 1.165) is 4.31 Å². The van der Waals surface area contributed by atoms with Crippen LogP contribution in [0.25, 0.3) is 0 Å². The van der Waals surface area contributed by atoms with Crippen molar-refractivity contribution in [1.29, 1.82) is 0 Å². The molecule has 7 heteroatoms. The van der Waals surface area contributed by atoms with Crippen LogP contribution in [-0.4, -0.2) is 39.4 Å². The maximum absolute atomic E-state index is 12.3. The van der Waals surface area contributed by atoms with Gasteiger partial charge in [-0.2, -0.15) is 0 Å². The van der Waals surface area contributed by atoms with Gasteiger partial charge in [-0.3, -0.25) is 4.79 Å². The van der Waals surface area contributed by atoms with Crippen molar-refractivity contribution in [2.75, 3.05) is 26.4 Å². The van der Waals surface area contributed by atoms with Crippen LogP contribution in [0.3, 0.4) is 0 Å². The third-order valence-corrected chi connectivity index (χ3v) is 4.76. The maximum atomic E-state index is 12.3. The number of esters is 1.